The third-order valence-corrected chi connectivity index (χ3v) is 4.55. The number of hydrogen-bond donors (Lipinski definition) is 2. The van der Waals surface area contributed by atoms with Crippen LogP contribution in [0.4, 0.5) is 0 Å². The molecule has 2 saturated carbocycles. The molecule has 2 unspecified atom stereocenters. The molecule has 0 aromatic rings. The number of nitrogens with one attached hydrogen (secondary N) is 2. The zero-order valence-electron chi connectivity index (χ0n) is 9.84. The van der Waals surface area contributed by atoms with E-state index in [9.17, 15) is 0 Å². The minimum atomic E-state index is 0.872. The van der Waals surface area contributed by atoms with Crippen LogP contribution in [-0.4, -0.2) is 25.7 Å². The van der Waals surface area contributed by atoms with Crippen molar-refractivity contribution >= 4 is 0 Å². The van der Waals surface area contributed by atoms with Gasteiger partial charge >= 0.3 is 0 Å². The van der Waals surface area contributed by atoms with Gasteiger partial charge in [0.15, 0.2) is 0 Å². The van der Waals surface area contributed by atoms with Gasteiger partial charge in [0.1, 0.15) is 0 Å². The molecule has 3 aliphatic rings. The SMILES string of the molecule is CC1CNCC1CNC(C1CC1)C1CC1. The van der Waals surface area contributed by atoms with Crippen molar-refractivity contribution in [1.82, 2.24) is 10.6 Å². The van der Waals surface area contributed by atoms with E-state index < -0.39 is 0 Å². The summed E-state index contributed by atoms with van der Waals surface area (Å²) in [7, 11) is 0. The summed E-state index contributed by atoms with van der Waals surface area (Å²) in [6.07, 6.45) is 5.97. The van der Waals surface area contributed by atoms with Crippen LogP contribution in [0.3, 0.4) is 0 Å². The molecule has 0 bridgehead atoms. The van der Waals surface area contributed by atoms with Crippen LogP contribution in [0, 0.1) is 23.7 Å². The van der Waals surface area contributed by atoms with Gasteiger partial charge in [0.2, 0.25) is 0 Å². The van der Waals surface area contributed by atoms with Gasteiger partial charge in [-0.25, -0.2) is 0 Å². The molecule has 0 aromatic heterocycles. The Morgan fingerprint density at radius 3 is 2.27 bits per heavy atom. The molecule has 0 spiro atoms. The Kier molecular flexibility index (Phi) is 2.73. The molecule has 1 heterocycles. The Balaban J connectivity index is 1.46. The number of hydrogen-bond acceptors (Lipinski definition) is 2. The van der Waals surface area contributed by atoms with Crippen molar-refractivity contribution in [3.63, 3.8) is 0 Å². The average Bonchev–Trinajstić information content (AvgIpc) is 3.11. The second kappa shape index (κ2) is 4.06. The summed E-state index contributed by atoms with van der Waals surface area (Å²) >= 11 is 0. The van der Waals surface area contributed by atoms with Crippen LogP contribution in [0.5, 0.6) is 0 Å². The highest BCUT2D eigenvalue weighted by atomic mass is 15.0. The second-order valence-electron chi connectivity index (χ2n) is 6.00. The van der Waals surface area contributed by atoms with Crippen LogP contribution in [-0.2, 0) is 0 Å². The molecule has 3 fully saturated rings. The highest BCUT2D eigenvalue weighted by Gasteiger charge is 2.41. The van der Waals surface area contributed by atoms with E-state index in [1.54, 1.807) is 0 Å². The van der Waals surface area contributed by atoms with Crippen molar-refractivity contribution in [3.05, 3.63) is 0 Å². The largest absolute Gasteiger partial charge is 0.316 e. The predicted molar refractivity (Wildman–Crippen MR) is 62.8 cm³/mol. The quantitative estimate of drug-likeness (QED) is 0.717. The van der Waals surface area contributed by atoms with Gasteiger partial charge in [-0.05, 0) is 69.0 Å². The van der Waals surface area contributed by atoms with Crippen LogP contribution in [0.1, 0.15) is 32.6 Å². The Hall–Kier alpha value is -0.0800. The van der Waals surface area contributed by atoms with E-state index in [2.05, 4.69) is 17.6 Å². The Bertz CT molecular complexity index is 209. The molecule has 1 saturated heterocycles. The van der Waals surface area contributed by atoms with Gasteiger partial charge in [0, 0.05) is 6.04 Å². The van der Waals surface area contributed by atoms with Crippen LogP contribution >= 0.6 is 0 Å². The minimum absolute atomic E-state index is 0.872. The Morgan fingerprint density at radius 1 is 1.13 bits per heavy atom. The zero-order chi connectivity index (χ0) is 10.3. The predicted octanol–water partition coefficient (Wildman–Crippen LogP) is 1.62. The monoisotopic (exact) mass is 208 g/mol. The smallest absolute Gasteiger partial charge is 0.0124 e. The fourth-order valence-corrected chi connectivity index (χ4v) is 3.05. The van der Waals surface area contributed by atoms with Gasteiger partial charge in [-0.1, -0.05) is 6.92 Å². The molecule has 0 aromatic carbocycles. The van der Waals surface area contributed by atoms with E-state index in [4.69, 9.17) is 0 Å². The third-order valence-electron chi connectivity index (χ3n) is 4.55. The lowest BCUT2D eigenvalue weighted by molar-refractivity contribution is 0.349. The lowest BCUT2D eigenvalue weighted by Gasteiger charge is -2.22. The molecule has 2 aliphatic carbocycles. The van der Waals surface area contributed by atoms with Crippen molar-refractivity contribution in [3.8, 4) is 0 Å². The third kappa shape index (κ3) is 2.36. The van der Waals surface area contributed by atoms with Gasteiger partial charge in [-0.2, -0.15) is 0 Å². The van der Waals surface area contributed by atoms with Gasteiger partial charge in [-0.15, -0.1) is 0 Å². The maximum atomic E-state index is 3.88. The Morgan fingerprint density at radius 2 is 1.80 bits per heavy atom. The van der Waals surface area contributed by atoms with Crippen LogP contribution < -0.4 is 10.6 Å². The summed E-state index contributed by atoms with van der Waals surface area (Å²) < 4.78 is 0. The van der Waals surface area contributed by atoms with Gasteiger partial charge in [0.25, 0.3) is 0 Å². The van der Waals surface area contributed by atoms with Gasteiger partial charge in [0.05, 0.1) is 0 Å². The minimum Gasteiger partial charge on any atom is -0.316 e. The maximum Gasteiger partial charge on any atom is 0.0124 e. The Labute approximate surface area is 93.2 Å². The summed E-state index contributed by atoms with van der Waals surface area (Å²) in [6, 6.07) is 0.887. The molecule has 2 heteroatoms. The summed E-state index contributed by atoms with van der Waals surface area (Å²) in [5.74, 6) is 3.84. The molecular formula is C13H24N2. The van der Waals surface area contributed by atoms with Crippen molar-refractivity contribution in [1.29, 1.82) is 0 Å². The molecule has 86 valence electrons. The van der Waals surface area contributed by atoms with E-state index >= 15 is 0 Å². The normalized spacial score (nSPS) is 36.4. The van der Waals surface area contributed by atoms with E-state index in [1.165, 1.54) is 45.3 Å². The van der Waals surface area contributed by atoms with Gasteiger partial charge < -0.3 is 10.6 Å². The molecule has 2 N–H and O–H groups in total. The first-order chi connectivity index (χ1) is 7.34. The van der Waals surface area contributed by atoms with Crippen molar-refractivity contribution < 1.29 is 0 Å². The van der Waals surface area contributed by atoms with E-state index in [1.807, 2.05) is 0 Å². The lowest BCUT2D eigenvalue weighted by Crippen LogP contribution is -2.38. The topological polar surface area (TPSA) is 24.1 Å². The first kappa shape index (κ1) is 10.1. The van der Waals surface area contributed by atoms with E-state index in [0.717, 1.165) is 29.7 Å². The first-order valence-electron chi connectivity index (χ1n) is 6.78. The average molecular weight is 208 g/mol. The summed E-state index contributed by atoms with van der Waals surface area (Å²) in [5.41, 5.74) is 0. The summed E-state index contributed by atoms with van der Waals surface area (Å²) in [5, 5.41) is 7.37. The fourth-order valence-electron chi connectivity index (χ4n) is 3.05. The zero-order valence-corrected chi connectivity index (χ0v) is 9.84. The van der Waals surface area contributed by atoms with Crippen LogP contribution in [0.25, 0.3) is 0 Å². The standard InChI is InChI=1S/C13H24N2/c1-9-6-14-7-12(9)8-15-13(10-2-3-10)11-4-5-11/h9-15H,2-8H2,1H3. The van der Waals surface area contributed by atoms with Crippen LogP contribution in [0.15, 0.2) is 0 Å². The van der Waals surface area contributed by atoms with E-state index in [-0.39, 0.29) is 0 Å². The van der Waals surface area contributed by atoms with Crippen molar-refractivity contribution in [2.24, 2.45) is 23.7 Å². The maximum absolute atomic E-state index is 3.88. The number of rotatable bonds is 5. The molecular weight excluding hydrogens is 184 g/mol. The van der Waals surface area contributed by atoms with Crippen molar-refractivity contribution in [2.75, 3.05) is 19.6 Å². The van der Waals surface area contributed by atoms with Gasteiger partial charge in [-0.3, -0.25) is 0 Å². The molecule has 2 atom stereocenters. The second-order valence-corrected chi connectivity index (χ2v) is 6.00. The van der Waals surface area contributed by atoms with E-state index in [0.29, 0.717) is 0 Å². The first-order valence-corrected chi connectivity index (χ1v) is 6.78. The fraction of sp³-hybridized carbons (Fsp3) is 1.00. The molecule has 0 amide bonds. The van der Waals surface area contributed by atoms with Crippen LogP contribution in [0.2, 0.25) is 0 Å². The molecule has 2 nitrogen and oxygen atoms in total. The molecule has 3 rings (SSSR count). The summed E-state index contributed by atoms with van der Waals surface area (Å²) in [6.45, 7) is 6.10. The highest BCUT2D eigenvalue weighted by Crippen LogP contribution is 2.44. The van der Waals surface area contributed by atoms with Crippen molar-refractivity contribution in [2.45, 2.75) is 38.6 Å². The highest BCUT2D eigenvalue weighted by molar-refractivity contribution is 4.97. The molecule has 0 radical (unpaired) electrons. The molecule has 15 heavy (non-hydrogen) atoms. The summed E-state index contributed by atoms with van der Waals surface area (Å²) in [4.78, 5) is 0. The lowest BCUT2D eigenvalue weighted by atomic mass is 9.97. The molecule has 1 aliphatic heterocycles.